The molecule has 0 saturated carbocycles. The maximum Gasteiger partial charge on any atom is 0.344 e. The van der Waals surface area contributed by atoms with Crippen LogP contribution in [0.1, 0.15) is 5.69 Å². The Morgan fingerprint density at radius 1 is 1.36 bits per heavy atom. The lowest BCUT2D eigenvalue weighted by Crippen LogP contribution is -2.71. The molecule has 0 aliphatic carbocycles. The molecule has 36 heavy (non-hydrogen) atoms. The summed E-state index contributed by atoms with van der Waals surface area (Å²) in [6, 6.07) is 4.31. The monoisotopic (exact) mass is 552 g/mol. The van der Waals surface area contributed by atoms with E-state index in [4.69, 9.17) is 22.4 Å². The molecule has 4 heterocycles. The maximum absolute atomic E-state index is 13.0. The summed E-state index contributed by atoms with van der Waals surface area (Å²) >= 11 is 8.20. The van der Waals surface area contributed by atoms with Gasteiger partial charge in [0, 0.05) is 23.5 Å². The van der Waals surface area contributed by atoms with Crippen molar-refractivity contribution in [1.82, 2.24) is 15.2 Å². The summed E-state index contributed by atoms with van der Waals surface area (Å²) in [5.74, 6) is -4.15. The van der Waals surface area contributed by atoms with E-state index in [9.17, 15) is 24.3 Å². The van der Waals surface area contributed by atoms with Gasteiger partial charge in [0.25, 0.3) is 11.8 Å². The van der Waals surface area contributed by atoms with E-state index in [1.807, 2.05) is 6.07 Å². The number of anilines is 1. The molecular weight excluding hydrogens is 536 g/mol. The van der Waals surface area contributed by atoms with Gasteiger partial charge in [0.2, 0.25) is 6.61 Å². The quantitative estimate of drug-likeness (QED) is 0.144. The standard InChI is InChI=1S/C20H17ClN6O7S2/c21-15-11(24-20(22)36-15)12(25-34-7-10(28)29)16(30)23-13-17(31)27-14(19(32)33)9(8-35-18(13)27)6-26-4-2-1-3-5-26/h1-5,13,18H,6-8H2,(H4-,22,23,24,28,29,30,32,33)/t13?,18-/m1/s1. The molecule has 0 radical (unpaired) electrons. The summed E-state index contributed by atoms with van der Waals surface area (Å²) in [7, 11) is 0. The Bertz CT molecular complexity index is 1300. The molecule has 4 N–H and O–H groups in total. The van der Waals surface area contributed by atoms with E-state index in [0.29, 0.717) is 5.57 Å². The summed E-state index contributed by atoms with van der Waals surface area (Å²) in [5.41, 5.74) is 5.23. The van der Waals surface area contributed by atoms with Gasteiger partial charge < -0.3 is 30.9 Å². The van der Waals surface area contributed by atoms with Crippen LogP contribution < -0.4 is 20.7 Å². The molecule has 0 bridgehead atoms. The highest BCUT2D eigenvalue weighted by atomic mass is 35.5. The number of nitrogens with two attached hydrogens (primary N) is 1. The number of fused-ring (bicyclic) bond motifs is 1. The number of nitrogens with zero attached hydrogens (tertiary/aromatic N) is 4. The Hall–Kier alpha value is -3.69. The Morgan fingerprint density at radius 2 is 2.08 bits per heavy atom. The first kappa shape index (κ1) is 25.4. The van der Waals surface area contributed by atoms with E-state index in [1.54, 1.807) is 29.1 Å². The third-order valence-electron chi connectivity index (χ3n) is 5.06. The minimum atomic E-state index is -1.50. The molecule has 2 amide bonds. The summed E-state index contributed by atoms with van der Waals surface area (Å²) in [5, 5.41) is 26.0. The van der Waals surface area contributed by atoms with E-state index >= 15 is 0 Å². The second kappa shape index (κ2) is 10.5. The number of carbonyl (C=O) groups excluding carboxylic acids is 3. The molecule has 188 valence electrons. The Kier molecular flexibility index (Phi) is 7.42. The van der Waals surface area contributed by atoms with Crippen LogP contribution in [0.2, 0.25) is 4.34 Å². The van der Waals surface area contributed by atoms with E-state index in [-0.39, 0.29) is 33.2 Å². The number of aliphatic carboxylic acids is 2. The highest BCUT2D eigenvalue weighted by Gasteiger charge is 2.53. The van der Waals surface area contributed by atoms with E-state index in [2.05, 4.69) is 20.3 Å². The van der Waals surface area contributed by atoms with Crippen LogP contribution in [-0.4, -0.2) is 68.2 Å². The van der Waals surface area contributed by atoms with Gasteiger partial charge >= 0.3 is 5.97 Å². The zero-order chi connectivity index (χ0) is 26.0. The molecule has 4 rings (SSSR count). The van der Waals surface area contributed by atoms with Crippen molar-refractivity contribution < 1.29 is 38.8 Å². The first-order valence-corrected chi connectivity index (χ1v) is 12.4. The molecule has 2 aromatic rings. The first-order valence-electron chi connectivity index (χ1n) is 10.1. The number of halogens is 1. The molecule has 0 aromatic carbocycles. The molecule has 0 spiro atoms. The largest absolute Gasteiger partial charge is 0.543 e. The molecule has 16 heteroatoms. The third-order valence-corrected chi connectivity index (χ3v) is 7.49. The van der Waals surface area contributed by atoms with Crippen molar-refractivity contribution in [2.24, 2.45) is 5.16 Å². The topological polar surface area (TPSA) is 191 Å². The lowest BCUT2D eigenvalue weighted by molar-refractivity contribution is -0.689. The predicted octanol–water partition coefficient (Wildman–Crippen LogP) is -1.42. The highest BCUT2D eigenvalue weighted by molar-refractivity contribution is 8.00. The number of β-lactam (4-membered cyclic amide) rings is 1. The number of carbonyl (C=O) groups is 4. The van der Waals surface area contributed by atoms with E-state index in [0.717, 1.165) is 16.2 Å². The van der Waals surface area contributed by atoms with Crippen LogP contribution in [0.5, 0.6) is 0 Å². The molecule has 2 aromatic heterocycles. The van der Waals surface area contributed by atoms with E-state index in [1.165, 1.54) is 11.8 Å². The lowest BCUT2D eigenvalue weighted by atomic mass is 10.0. The highest BCUT2D eigenvalue weighted by Crippen LogP contribution is 2.40. The van der Waals surface area contributed by atoms with Crippen LogP contribution >= 0.6 is 34.7 Å². The van der Waals surface area contributed by atoms with Gasteiger partial charge in [0.1, 0.15) is 21.4 Å². The van der Waals surface area contributed by atoms with Gasteiger partial charge in [0.05, 0.1) is 11.7 Å². The van der Waals surface area contributed by atoms with Crippen molar-refractivity contribution in [1.29, 1.82) is 0 Å². The average Bonchev–Trinajstić information content (AvgIpc) is 3.17. The molecule has 2 atom stereocenters. The number of oxime groups is 1. The molecular formula is C20H17ClN6O7S2. The number of carboxylic acids is 2. The van der Waals surface area contributed by atoms with Crippen molar-refractivity contribution in [2.45, 2.75) is 18.0 Å². The van der Waals surface area contributed by atoms with Gasteiger partial charge in [-0.1, -0.05) is 34.2 Å². The second-order valence-electron chi connectivity index (χ2n) is 7.43. The van der Waals surface area contributed by atoms with Gasteiger partial charge in [-0.25, -0.2) is 14.3 Å². The van der Waals surface area contributed by atoms with Crippen molar-refractivity contribution in [2.75, 3.05) is 18.1 Å². The zero-order valence-electron chi connectivity index (χ0n) is 18.1. The molecule has 2 aliphatic rings. The van der Waals surface area contributed by atoms with Crippen LogP contribution in [0.3, 0.4) is 0 Å². The fraction of sp³-hybridized carbons (Fsp3) is 0.250. The number of thioether (sulfide) groups is 1. The lowest BCUT2D eigenvalue weighted by Gasteiger charge is -2.50. The minimum Gasteiger partial charge on any atom is -0.543 e. The maximum atomic E-state index is 13.0. The summed E-state index contributed by atoms with van der Waals surface area (Å²) in [6.07, 6.45) is 3.53. The number of hydrogen-bond donors (Lipinski definition) is 3. The average molecular weight is 553 g/mol. The van der Waals surface area contributed by atoms with Gasteiger partial charge in [-0.15, -0.1) is 11.8 Å². The third kappa shape index (κ3) is 5.12. The van der Waals surface area contributed by atoms with E-state index < -0.39 is 47.5 Å². The SMILES string of the molecule is Nc1nc(C(=NOCC(=O)O)C(=O)NC2C(=O)N3C(C(=O)[O-])=C(C[n+]4ccccc4)CS[C@H]23)c(Cl)s1. The summed E-state index contributed by atoms with van der Waals surface area (Å²) in [4.78, 5) is 58.3. The normalized spacial score (nSPS) is 19.4. The van der Waals surface area contributed by atoms with Crippen LogP contribution in [0.4, 0.5) is 5.13 Å². The fourth-order valence-electron chi connectivity index (χ4n) is 3.57. The number of carboxylic acid groups (broad SMARTS) is 2. The van der Waals surface area contributed by atoms with Crippen LogP contribution in [0.15, 0.2) is 47.0 Å². The Balaban J connectivity index is 1.54. The molecule has 2 aliphatic heterocycles. The molecule has 1 saturated heterocycles. The van der Waals surface area contributed by atoms with Gasteiger partial charge in [-0.3, -0.25) is 14.5 Å². The number of nitrogens with one attached hydrogen (secondary N) is 1. The van der Waals surface area contributed by atoms with Gasteiger partial charge in [-0.2, -0.15) is 0 Å². The Labute approximate surface area is 216 Å². The van der Waals surface area contributed by atoms with Crippen LogP contribution in [0, 0.1) is 0 Å². The Morgan fingerprint density at radius 3 is 2.69 bits per heavy atom. The van der Waals surface area contributed by atoms with Crippen molar-refractivity contribution in [3.05, 3.63) is 51.9 Å². The number of pyridine rings is 1. The van der Waals surface area contributed by atoms with Crippen LogP contribution in [0.25, 0.3) is 0 Å². The fourth-order valence-corrected chi connectivity index (χ4v) is 5.83. The number of aromatic nitrogens is 2. The number of nitrogen functional groups attached to an aromatic ring is 1. The second-order valence-corrected chi connectivity index (χ2v) is 10.2. The summed E-state index contributed by atoms with van der Waals surface area (Å²) in [6.45, 7) is -0.600. The molecule has 13 nitrogen and oxygen atoms in total. The smallest absolute Gasteiger partial charge is 0.344 e. The van der Waals surface area contributed by atoms with Crippen LogP contribution in [-0.2, 0) is 30.6 Å². The van der Waals surface area contributed by atoms with Gasteiger partial charge in [-0.05, 0) is 0 Å². The van der Waals surface area contributed by atoms with Crippen molar-refractivity contribution in [3.63, 3.8) is 0 Å². The first-order chi connectivity index (χ1) is 17.2. The predicted molar refractivity (Wildman–Crippen MR) is 125 cm³/mol. The number of hydrogen-bond acceptors (Lipinski definition) is 11. The zero-order valence-corrected chi connectivity index (χ0v) is 20.5. The number of thiazole rings is 1. The molecule has 1 unspecified atom stereocenters. The van der Waals surface area contributed by atoms with Crippen molar-refractivity contribution >= 4 is 69.3 Å². The molecule has 1 fully saturated rings. The number of amides is 2. The number of rotatable bonds is 9. The summed E-state index contributed by atoms with van der Waals surface area (Å²) < 4.78 is 1.77. The van der Waals surface area contributed by atoms with Crippen molar-refractivity contribution in [3.8, 4) is 0 Å². The minimum absolute atomic E-state index is 0.000783. The van der Waals surface area contributed by atoms with Gasteiger partial charge in [0.15, 0.2) is 29.8 Å².